The summed E-state index contributed by atoms with van der Waals surface area (Å²) < 4.78 is 0. The van der Waals surface area contributed by atoms with Gasteiger partial charge in [-0.15, -0.1) is 11.8 Å². The first kappa shape index (κ1) is 13.1. The van der Waals surface area contributed by atoms with E-state index < -0.39 is 0 Å². The molecule has 1 aromatic carbocycles. The fourth-order valence-corrected chi connectivity index (χ4v) is 3.06. The van der Waals surface area contributed by atoms with Gasteiger partial charge in [-0.1, -0.05) is 18.2 Å². The van der Waals surface area contributed by atoms with E-state index in [0.29, 0.717) is 6.42 Å². The van der Waals surface area contributed by atoms with Crippen LogP contribution in [0.4, 0.5) is 0 Å². The van der Waals surface area contributed by atoms with Crippen molar-refractivity contribution in [1.29, 1.82) is 0 Å². The van der Waals surface area contributed by atoms with E-state index in [1.54, 1.807) is 18.7 Å². The molecule has 2 nitrogen and oxygen atoms in total. The highest BCUT2D eigenvalue weighted by atomic mass is 32.2. The smallest absolute Gasteiger partial charge is 0.130 e. The summed E-state index contributed by atoms with van der Waals surface area (Å²) in [7, 11) is 0. The van der Waals surface area contributed by atoms with E-state index in [1.807, 2.05) is 25.1 Å². The maximum Gasteiger partial charge on any atom is 0.130 e. The quantitative estimate of drug-likeness (QED) is 0.783. The van der Waals surface area contributed by atoms with Gasteiger partial charge < -0.3 is 4.79 Å². The van der Waals surface area contributed by atoms with Gasteiger partial charge >= 0.3 is 0 Å². The number of carbonyl (C=O) groups excluding carboxylic acids is 1. The van der Waals surface area contributed by atoms with Crippen LogP contribution in [0, 0.1) is 6.92 Å². The number of ketones is 1. The van der Waals surface area contributed by atoms with Gasteiger partial charge in [0.05, 0.1) is 5.52 Å². The Bertz CT molecular complexity index is 592. The second-order valence-electron chi connectivity index (χ2n) is 4.43. The SMILES string of the molecule is CSc1c(CCC(C)=O)c(C)nc2ccccc12. The van der Waals surface area contributed by atoms with Crippen LogP contribution in [0.1, 0.15) is 24.6 Å². The van der Waals surface area contributed by atoms with E-state index in [0.717, 1.165) is 17.6 Å². The molecular weight excluding hydrogens is 242 g/mol. The predicted octanol–water partition coefficient (Wildman–Crippen LogP) is 3.79. The van der Waals surface area contributed by atoms with Crippen molar-refractivity contribution >= 4 is 28.4 Å². The van der Waals surface area contributed by atoms with Crippen molar-refractivity contribution in [3.8, 4) is 0 Å². The van der Waals surface area contributed by atoms with Gasteiger partial charge in [0, 0.05) is 22.4 Å². The lowest BCUT2D eigenvalue weighted by atomic mass is 10.0. The summed E-state index contributed by atoms with van der Waals surface area (Å²) in [5, 5.41) is 1.19. The largest absolute Gasteiger partial charge is 0.300 e. The Hall–Kier alpha value is -1.35. The third-order valence-corrected chi connectivity index (χ3v) is 3.95. The van der Waals surface area contributed by atoms with Crippen molar-refractivity contribution < 1.29 is 4.79 Å². The second kappa shape index (κ2) is 5.53. The van der Waals surface area contributed by atoms with Gasteiger partial charge in [0.25, 0.3) is 0 Å². The Morgan fingerprint density at radius 2 is 2.06 bits per heavy atom. The molecule has 0 aliphatic rings. The maximum absolute atomic E-state index is 11.2. The summed E-state index contributed by atoms with van der Waals surface area (Å²) in [5.41, 5.74) is 3.29. The number of fused-ring (bicyclic) bond motifs is 1. The Morgan fingerprint density at radius 3 is 2.72 bits per heavy atom. The summed E-state index contributed by atoms with van der Waals surface area (Å²) in [6, 6.07) is 8.18. The summed E-state index contributed by atoms with van der Waals surface area (Å²) in [5.74, 6) is 0.231. The number of benzene rings is 1. The van der Waals surface area contributed by atoms with Gasteiger partial charge in [0.2, 0.25) is 0 Å². The zero-order chi connectivity index (χ0) is 13.1. The first-order valence-corrected chi connectivity index (χ1v) is 7.27. The van der Waals surface area contributed by atoms with E-state index in [-0.39, 0.29) is 5.78 Å². The average molecular weight is 259 g/mol. The third kappa shape index (κ3) is 2.56. The minimum absolute atomic E-state index is 0.231. The number of Topliss-reactive ketones (excluding diaryl/α,β-unsaturated/α-hetero) is 1. The van der Waals surface area contributed by atoms with Gasteiger partial charge in [0.1, 0.15) is 5.78 Å². The van der Waals surface area contributed by atoms with Gasteiger partial charge in [-0.25, -0.2) is 0 Å². The number of nitrogens with zero attached hydrogens (tertiary/aromatic N) is 1. The van der Waals surface area contributed by atoms with E-state index in [4.69, 9.17) is 0 Å². The molecule has 1 aromatic heterocycles. The molecule has 2 rings (SSSR count). The van der Waals surface area contributed by atoms with Crippen LogP contribution in [-0.2, 0) is 11.2 Å². The van der Waals surface area contributed by atoms with Crippen molar-refractivity contribution in [2.45, 2.75) is 31.6 Å². The molecule has 0 aliphatic carbocycles. The topological polar surface area (TPSA) is 30.0 Å². The number of hydrogen-bond acceptors (Lipinski definition) is 3. The van der Waals surface area contributed by atoms with Crippen LogP contribution in [0.25, 0.3) is 10.9 Å². The van der Waals surface area contributed by atoms with Crippen LogP contribution in [0.3, 0.4) is 0 Å². The van der Waals surface area contributed by atoms with Crippen LogP contribution in [0.2, 0.25) is 0 Å². The molecule has 0 aliphatic heterocycles. The highest BCUT2D eigenvalue weighted by Crippen LogP contribution is 2.31. The second-order valence-corrected chi connectivity index (χ2v) is 5.24. The molecule has 0 unspecified atom stereocenters. The highest BCUT2D eigenvalue weighted by molar-refractivity contribution is 7.98. The molecule has 0 N–H and O–H groups in total. The van der Waals surface area contributed by atoms with Gasteiger partial charge in [0.15, 0.2) is 0 Å². The molecule has 0 amide bonds. The average Bonchev–Trinajstić information content (AvgIpc) is 2.35. The molecule has 18 heavy (non-hydrogen) atoms. The molecule has 3 heteroatoms. The first-order valence-electron chi connectivity index (χ1n) is 6.05. The number of rotatable bonds is 4. The molecule has 2 aromatic rings. The van der Waals surface area contributed by atoms with Crippen LogP contribution >= 0.6 is 11.8 Å². The fraction of sp³-hybridized carbons (Fsp3) is 0.333. The molecule has 0 saturated carbocycles. The molecule has 1 heterocycles. The zero-order valence-corrected chi connectivity index (χ0v) is 11.8. The van der Waals surface area contributed by atoms with E-state index in [1.165, 1.54) is 15.8 Å². The van der Waals surface area contributed by atoms with Crippen molar-refractivity contribution in [3.05, 3.63) is 35.5 Å². The Morgan fingerprint density at radius 1 is 1.33 bits per heavy atom. The highest BCUT2D eigenvalue weighted by Gasteiger charge is 2.12. The summed E-state index contributed by atoms with van der Waals surface area (Å²) in [4.78, 5) is 17.1. The number of pyridine rings is 1. The fourth-order valence-electron chi connectivity index (χ4n) is 2.17. The number of carbonyl (C=O) groups is 1. The number of aromatic nitrogens is 1. The first-order chi connectivity index (χ1) is 8.63. The summed E-state index contributed by atoms with van der Waals surface area (Å²) in [6.07, 6.45) is 3.46. The normalized spacial score (nSPS) is 10.8. The Labute approximate surface area is 112 Å². The molecule has 94 valence electrons. The molecule has 0 spiro atoms. The van der Waals surface area contributed by atoms with Gasteiger partial charge in [-0.05, 0) is 38.2 Å². The van der Waals surface area contributed by atoms with Crippen molar-refractivity contribution in [3.63, 3.8) is 0 Å². The third-order valence-electron chi connectivity index (χ3n) is 3.08. The molecule has 0 bridgehead atoms. The van der Waals surface area contributed by atoms with Crippen molar-refractivity contribution in [2.24, 2.45) is 0 Å². The van der Waals surface area contributed by atoms with Gasteiger partial charge in [-0.3, -0.25) is 4.98 Å². The maximum atomic E-state index is 11.2. The lowest BCUT2D eigenvalue weighted by molar-refractivity contribution is -0.116. The van der Waals surface area contributed by atoms with Crippen LogP contribution in [-0.4, -0.2) is 17.0 Å². The molecule has 0 radical (unpaired) electrons. The van der Waals surface area contributed by atoms with Crippen LogP contribution in [0.5, 0.6) is 0 Å². The van der Waals surface area contributed by atoms with E-state index >= 15 is 0 Å². The number of aryl methyl sites for hydroxylation is 1. The van der Waals surface area contributed by atoms with Crippen LogP contribution < -0.4 is 0 Å². The van der Waals surface area contributed by atoms with Gasteiger partial charge in [-0.2, -0.15) is 0 Å². The molecular formula is C15H17NOS. The van der Waals surface area contributed by atoms with E-state index in [9.17, 15) is 4.79 Å². The number of thioether (sulfide) groups is 1. The Kier molecular flexibility index (Phi) is 4.02. The molecule has 0 saturated heterocycles. The lowest BCUT2D eigenvalue weighted by Crippen LogP contribution is -2.01. The number of hydrogen-bond donors (Lipinski definition) is 0. The standard InChI is InChI=1S/C15H17NOS/c1-10(17)8-9-12-11(2)16-14-7-5-4-6-13(14)15(12)18-3/h4-7H,8-9H2,1-3H3. The summed E-state index contributed by atoms with van der Waals surface area (Å²) in [6.45, 7) is 3.67. The number of para-hydroxylation sites is 1. The monoisotopic (exact) mass is 259 g/mol. The lowest BCUT2D eigenvalue weighted by Gasteiger charge is -2.13. The van der Waals surface area contributed by atoms with E-state index in [2.05, 4.69) is 17.3 Å². The van der Waals surface area contributed by atoms with Crippen LogP contribution in [0.15, 0.2) is 29.2 Å². The Balaban J connectivity index is 2.56. The minimum Gasteiger partial charge on any atom is -0.300 e. The van der Waals surface area contributed by atoms with Crippen molar-refractivity contribution in [2.75, 3.05) is 6.26 Å². The molecule has 0 atom stereocenters. The van der Waals surface area contributed by atoms with Crippen molar-refractivity contribution in [1.82, 2.24) is 4.98 Å². The predicted molar refractivity (Wildman–Crippen MR) is 77.3 cm³/mol. The minimum atomic E-state index is 0.231. The summed E-state index contributed by atoms with van der Waals surface area (Å²) >= 11 is 1.74. The zero-order valence-electron chi connectivity index (χ0n) is 11.0. The molecule has 0 fully saturated rings.